The molecule has 1 aromatic rings. The van der Waals surface area contributed by atoms with Crippen LogP contribution in [0.2, 0.25) is 0 Å². The average Bonchev–Trinajstić information content (AvgIpc) is 3.34. The molecule has 6 heteroatoms. The minimum absolute atomic E-state index is 0.00134. The summed E-state index contributed by atoms with van der Waals surface area (Å²) in [6.07, 6.45) is 5.10. The Morgan fingerprint density at radius 2 is 1.88 bits per heavy atom. The van der Waals surface area contributed by atoms with Gasteiger partial charge < -0.3 is 14.2 Å². The molecule has 0 unspecified atom stereocenters. The van der Waals surface area contributed by atoms with Crippen molar-refractivity contribution in [3.8, 4) is 0 Å². The lowest BCUT2D eigenvalue weighted by Gasteiger charge is -2.32. The molecular weight excluding hydrogens is 334 g/mol. The number of benzene rings is 1. The Labute approximate surface area is 153 Å². The van der Waals surface area contributed by atoms with Gasteiger partial charge in [0.1, 0.15) is 18.2 Å². The maximum absolute atomic E-state index is 12.3. The number of ether oxygens (including phenoxy) is 3. The first-order valence-electron chi connectivity index (χ1n) is 9.70. The summed E-state index contributed by atoms with van der Waals surface area (Å²) in [7, 11) is 0. The Bertz CT molecular complexity index is 659. The molecule has 1 aliphatic carbocycles. The maximum Gasteiger partial charge on any atom is 0.326 e. The minimum atomic E-state index is -0.432. The standard InChI is InChI=1S/C20H25NO5/c22-19-17-15(12-23-19)18(26-21(17)11-14-7-3-1-4-8-14)16-13-24-20(25-16)9-5-2-6-10-20/h1,3-4,7-8,15-18H,2,5-6,9-13H2/t15-,16-,17-,18-/m1/s1. The van der Waals surface area contributed by atoms with Crippen molar-refractivity contribution in [1.82, 2.24) is 5.06 Å². The van der Waals surface area contributed by atoms with Crippen LogP contribution in [0, 0.1) is 5.92 Å². The van der Waals surface area contributed by atoms with Crippen LogP contribution in [0.3, 0.4) is 0 Å². The minimum Gasteiger partial charge on any atom is -0.464 e. The van der Waals surface area contributed by atoms with Gasteiger partial charge in [-0.2, -0.15) is 5.06 Å². The Balaban J connectivity index is 1.33. The van der Waals surface area contributed by atoms with Crippen LogP contribution in [0.4, 0.5) is 0 Å². The van der Waals surface area contributed by atoms with Gasteiger partial charge >= 0.3 is 5.97 Å². The quantitative estimate of drug-likeness (QED) is 0.773. The highest BCUT2D eigenvalue weighted by Gasteiger charge is 2.58. The van der Waals surface area contributed by atoms with E-state index >= 15 is 0 Å². The first-order chi connectivity index (χ1) is 12.7. The number of hydroxylamine groups is 2. The van der Waals surface area contributed by atoms with Crippen molar-refractivity contribution in [3.05, 3.63) is 35.9 Å². The van der Waals surface area contributed by atoms with Gasteiger partial charge in [0.2, 0.25) is 0 Å². The summed E-state index contributed by atoms with van der Waals surface area (Å²) in [5.41, 5.74) is 1.11. The zero-order valence-electron chi connectivity index (χ0n) is 14.8. The van der Waals surface area contributed by atoms with Gasteiger partial charge in [-0.05, 0) is 18.4 Å². The summed E-state index contributed by atoms with van der Waals surface area (Å²) in [6, 6.07) is 9.70. The number of fused-ring (bicyclic) bond motifs is 1. The predicted octanol–water partition coefficient (Wildman–Crippen LogP) is 2.42. The summed E-state index contributed by atoms with van der Waals surface area (Å²) in [5, 5.41) is 1.79. The summed E-state index contributed by atoms with van der Waals surface area (Å²) >= 11 is 0. The van der Waals surface area contributed by atoms with Crippen LogP contribution in [0.15, 0.2) is 30.3 Å². The van der Waals surface area contributed by atoms with Crippen LogP contribution in [0.5, 0.6) is 0 Å². The smallest absolute Gasteiger partial charge is 0.326 e. The van der Waals surface area contributed by atoms with Gasteiger partial charge in [-0.1, -0.05) is 36.8 Å². The zero-order chi connectivity index (χ0) is 17.6. The fourth-order valence-corrected chi connectivity index (χ4v) is 4.77. The molecule has 4 aliphatic rings. The number of carbonyl (C=O) groups is 1. The van der Waals surface area contributed by atoms with E-state index in [9.17, 15) is 4.79 Å². The van der Waals surface area contributed by atoms with E-state index in [1.165, 1.54) is 6.42 Å². The number of nitrogens with zero attached hydrogens (tertiary/aromatic N) is 1. The van der Waals surface area contributed by atoms with E-state index < -0.39 is 5.79 Å². The van der Waals surface area contributed by atoms with Gasteiger partial charge in [-0.15, -0.1) is 0 Å². The molecule has 4 atom stereocenters. The molecule has 0 N–H and O–H groups in total. The summed E-state index contributed by atoms with van der Waals surface area (Å²) in [6.45, 7) is 1.49. The number of hydrogen-bond donors (Lipinski definition) is 0. The third-order valence-electron chi connectivity index (χ3n) is 6.09. The Morgan fingerprint density at radius 1 is 1.08 bits per heavy atom. The molecule has 4 fully saturated rings. The molecule has 5 rings (SSSR count). The molecule has 0 amide bonds. The second-order valence-electron chi connectivity index (χ2n) is 7.81. The second kappa shape index (κ2) is 6.60. The van der Waals surface area contributed by atoms with E-state index in [0.29, 0.717) is 19.8 Å². The molecule has 0 bridgehead atoms. The van der Waals surface area contributed by atoms with Crippen molar-refractivity contribution in [2.24, 2.45) is 5.92 Å². The van der Waals surface area contributed by atoms with Crippen LogP contribution in [-0.2, 0) is 30.4 Å². The number of carbonyl (C=O) groups excluding carboxylic acids is 1. The fraction of sp³-hybridized carbons (Fsp3) is 0.650. The molecule has 0 radical (unpaired) electrons. The van der Waals surface area contributed by atoms with Crippen molar-refractivity contribution >= 4 is 5.97 Å². The lowest BCUT2D eigenvalue weighted by Crippen LogP contribution is -2.39. The molecule has 0 aromatic heterocycles. The number of rotatable bonds is 3. The summed E-state index contributed by atoms with van der Waals surface area (Å²) < 4.78 is 17.8. The highest BCUT2D eigenvalue weighted by Crippen LogP contribution is 2.43. The third kappa shape index (κ3) is 2.85. The fourth-order valence-electron chi connectivity index (χ4n) is 4.77. The monoisotopic (exact) mass is 359 g/mol. The largest absolute Gasteiger partial charge is 0.464 e. The van der Waals surface area contributed by atoms with E-state index in [-0.39, 0.29) is 30.1 Å². The van der Waals surface area contributed by atoms with Crippen LogP contribution < -0.4 is 0 Å². The van der Waals surface area contributed by atoms with Crippen molar-refractivity contribution in [3.63, 3.8) is 0 Å². The Hall–Kier alpha value is -1.47. The Kier molecular flexibility index (Phi) is 4.24. The van der Waals surface area contributed by atoms with E-state index in [1.54, 1.807) is 5.06 Å². The Morgan fingerprint density at radius 3 is 2.69 bits per heavy atom. The van der Waals surface area contributed by atoms with E-state index in [1.807, 2.05) is 30.3 Å². The first kappa shape index (κ1) is 16.7. The first-order valence-corrected chi connectivity index (χ1v) is 9.70. The van der Waals surface area contributed by atoms with Crippen molar-refractivity contribution in [2.45, 2.75) is 62.7 Å². The predicted molar refractivity (Wildman–Crippen MR) is 91.7 cm³/mol. The molecule has 3 heterocycles. The summed E-state index contributed by atoms with van der Waals surface area (Å²) in [5.74, 6) is -0.628. The van der Waals surface area contributed by atoms with Crippen molar-refractivity contribution < 1.29 is 23.8 Å². The normalized spacial score (nSPS) is 36.4. The molecule has 140 valence electrons. The summed E-state index contributed by atoms with van der Waals surface area (Å²) in [4.78, 5) is 18.5. The van der Waals surface area contributed by atoms with Gasteiger partial charge in [-0.3, -0.25) is 9.63 Å². The molecule has 6 nitrogen and oxygen atoms in total. The number of esters is 1. The molecule has 3 saturated heterocycles. The van der Waals surface area contributed by atoms with Gasteiger partial charge in [0.15, 0.2) is 5.79 Å². The molecule has 26 heavy (non-hydrogen) atoms. The van der Waals surface area contributed by atoms with Crippen LogP contribution >= 0.6 is 0 Å². The molecule has 1 spiro atoms. The van der Waals surface area contributed by atoms with Crippen molar-refractivity contribution in [1.29, 1.82) is 0 Å². The molecule has 1 aromatic carbocycles. The topological polar surface area (TPSA) is 57.2 Å². The highest BCUT2D eigenvalue weighted by molar-refractivity contribution is 5.78. The van der Waals surface area contributed by atoms with Gasteiger partial charge in [0, 0.05) is 12.8 Å². The third-order valence-corrected chi connectivity index (χ3v) is 6.09. The van der Waals surface area contributed by atoms with Crippen LogP contribution in [0.25, 0.3) is 0 Å². The van der Waals surface area contributed by atoms with Crippen molar-refractivity contribution in [2.75, 3.05) is 13.2 Å². The number of cyclic esters (lactones) is 1. The highest BCUT2D eigenvalue weighted by atomic mass is 16.8. The second-order valence-corrected chi connectivity index (χ2v) is 7.81. The van der Waals surface area contributed by atoms with E-state index in [4.69, 9.17) is 19.0 Å². The SMILES string of the molecule is O=C1OC[C@H]2[C@H]([C@H]3COC4(CCCCC4)O3)ON(Cc3ccccc3)[C@@H]12. The lowest BCUT2D eigenvalue weighted by molar-refractivity contribution is -0.229. The van der Waals surface area contributed by atoms with Gasteiger partial charge in [0.25, 0.3) is 0 Å². The van der Waals surface area contributed by atoms with E-state index in [0.717, 1.165) is 31.2 Å². The maximum atomic E-state index is 12.3. The van der Waals surface area contributed by atoms with E-state index in [2.05, 4.69) is 0 Å². The molecule has 1 saturated carbocycles. The van der Waals surface area contributed by atoms with Crippen LogP contribution in [-0.4, -0.2) is 48.3 Å². The zero-order valence-corrected chi connectivity index (χ0v) is 14.8. The van der Waals surface area contributed by atoms with Gasteiger partial charge in [-0.25, -0.2) is 0 Å². The van der Waals surface area contributed by atoms with Gasteiger partial charge in [0.05, 0.1) is 25.7 Å². The molecular formula is C20H25NO5. The lowest BCUT2D eigenvalue weighted by atomic mass is 9.93. The molecule has 3 aliphatic heterocycles. The average molecular weight is 359 g/mol. The number of hydrogen-bond acceptors (Lipinski definition) is 6. The van der Waals surface area contributed by atoms with Crippen LogP contribution in [0.1, 0.15) is 37.7 Å².